The van der Waals surface area contributed by atoms with Crippen LogP contribution in [0.25, 0.3) is 0 Å². The van der Waals surface area contributed by atoms with Gasteiger partial charge >= 0.3 is 0 Å². The van der Waals surface area contributed by atoms with E-state index in [2.05, 4.69) is 60.4 Å². The average Bonchev–Trinajstić information content (AvgIpc) is 2.41. The first-order valence-electron chi connectivity index (χ1n) is 7.60. The van der Waals surface area contributed by atoms with Crippen molar-refractivity contribution in [1.82, 2.24) is 4.90 Å². The smallest absolute Gasteiger partial charge is 0.0830 e. The Balaban J connectivity index is 3.03. The molecule has 1 heterocycles. The number of nitrogens with zero attached hydrogens (tertiary/aromatic N) is 1. The van der Waals surface area contributed by atoms with Crippen LogP contribution in [0, 0.1) is 5.92 Å². The third-order valence-corrected chi connectivity index (χ3v) is 4.86. The summed E-state index contributed by atoms with van der Waals surface area (Å²) in [6, 6.07) is 0.514. The van der Waals surface area contributed by atoms with Gasteiger partial charge in [-0.25, -0.2) is 0 Å². The zero-order valence-electron chi connectivity index (χ0n) is 14.2. The lowest BCUT2D eigenvalue weighted by Crippen LogP contribution is -2.64. The fourth-order valence-corrected chi connectivity index (χ4v) is 4.01. The molecule has 0 bridgehead atoms. The van der Waals surface area contributed by atoms with Gasteiger partial charge in [-0.2, -0.15) is 0 Å². The monoisotopic (exact) mass is 270 g/mol. The van der Waals surface area contributed by atoms with Gasteiger partial charge in [0.25, 0.3) is 0 Å². The molecule has 2 atom stereocenters. The van der Waals surface area contributed by atoms with Gasteiger partial charge in [-0.15, -0.1) is 0 Å². The van der Waals surface area contributed by atoms with Gasteiger partial charge in [0.15, 0.2) is 0 Å². The van der Waals surface area contributed by atoms with Gasteiger partial charge < -0.3 is 10.5 Å². The molecular formula is C16H34N2O. The van der Waals surface area contributed by atoms with Crippen molar-refractivity contribution in [3.05, 3.63) is 0 Å². The van der Waals surface area contributed by atoms with Crippen molar-refractivity contribution >= 4 is 0 Å². The van der Waals surface area contributed by atoms with Crippen molar-refractivity contribution < 1.29 is 4.74 Å². The molecule has 1 fully saturated rings. The van der Waals surface area contributed by atoms with E-state index >= 15 is 0 Å². The Bertz CT molecular complexity index is 312. The van der Waals surface area contributed by atoms with Crippen LogP contribution in [0.4, 0.5) is 0 Å². The first-order chi connectivity index (χ1) is 8.47. The highest BCUT2D eigenvalue weighted by Crippen LogP contribution is 2.48. The molecule has 3 heteroatoms. The largest absolute Gasteiger partial charge is 0.368 e. The minimum atomic E-state index is -0.217. The van der Waals surface area contributed by atoms with E-state index in [4.69, 9.17) is 10.5 Å². The number of hydrogen-bond donors (Lipinski definition) is 1. The van der Waals surface area contributed by atoms with Gasteiger partial charge in [0, 0.05) is 12.6 Å². The van der Waals surface area contributed by atoms with Gasteiger partial charge in [-0.05, 0) is 60.4 Å². The number of hydrogen-bond acceptors (Lipinski definition) is 3. The van der Waals surface area contributed by atoms with E-state index in [9.17, 15) is 0 Å². The van der Waals surface area contributed by atoms with Crippen LogP contribution in [0.5, 0.6) is 0 Å². The second-order valence-electron chi connectivity index (χ2n) is 7.87. The van der Waals surface area contributed by atoms with Crippen LogP contribution in [0.3, 0.4) is 0 Å². The molecule has 0 saturated carbocycles. The summed E-state index contributed by atoms with van der Waals surface area (Å²) >= 11 is 0. The third kappa shape index (κ3) is 3.14. The van der Waals surface area contributed by atoms with E-state index in [1.807, 2.05) is 0 Å². The van der Waals surface area contributed by atoms with E-state index in [-0.39, 0.29) is 16.7 Å². The molecule has 0 amide bonds. The lowest BCUT2D eigenvalue weighted by molar-refractivity contribution is -0.106. The van der Waals surface area contributed by atoms with Crippen LogP contribution in [0.1, 0.15) is 61.3 Å². The average molecular weight is 270 g/mol. The van der Waals surface area contributed by atoms with Crippen molar-refractivity contribution in [2.75, 3.05) is 13.6 Å². The Morgan fingerprint density at radius 2 is 1.68 bits per heavy atom. The van der Waals surface area contributed by atoms with Crippen LogP contribution < -0.4 is 5.73 Å². The van der Waals surface area contributed by atoms with E-state index < -0.39 is 0 Å². The highest BCUT2D eigenvalue weighted by Gasteiger charge is 2.59. The van der Waals surface area contributed by atoms with Crippen molar-refractivity contribution in [3.63, 3.8) is 0 Å². The second kappa shape index (κ2) is 5.34. The Labute approximate surface area is 119 Å². The molecule has 0 radical (unpaired) electrons. The number of nitrogens with two attached hydrogens (primary N) is 1. The van der Waals surface area contributed by atoms with Gasteiger partial charge in [0.1, 0.15) is 0 Å². The maximum absolute atomic E-state index is 6.30. The van der Waals surface area contributed by atoms with E-state index in [1.54, 1.807) is 0 Å². The fourth-order valence-electron chi connectivity index (χ4n) is 4.01. The van der Waals surface area contributed by atoms with Crippen LogP contribution in [0.15, 0.2) is 0 Å². The van der Waals surface area contributed by atoms with Gasteiger partial charge in [-0.3, -0.25) is 4.90 Å². The molecular weight excluding hydrogens is 236 g/mol. The highest BCUT2D eigenvalue weighted by molar-refractivity contribution is 5.13. The number of ether oxygens (including phenoxy) is 1. The molecule has 3 nitrogen and oxygen atoms in total. The minimum absolute atomic E-state index is 0.0786. The van der Waals surface area contributed by atoms with Crippen molar-refractivity contribution in [2.24, 2.45) is 11.7 Å². The SMILES string of the molecule is CC(C)CC(C)N(C)C1(CN)CC(C)(C)OC1(C)C. The summed E-state index contributed by atoms with van der Waals surface area (Å²) < 4.78 is 6.30. The third-order valence-electron chi connectivity index (χ3n) is 4.86. The molecule has 1 rings (SSSR count). The fraction of sp³-hybridized carbons (Fsp3) is 1.00. The molecule has 2 unspecified atom stereocenters. The lowest BCUT2D eigenvalue weighted by atomic mass is 9.76. The van der Waals surface area contributed by atoms with Crippen LogP contribution >= 0.6 is 0 Å². The Morgan fingerprint density at radius 1 is 1.16 bits per heavy atom. The number of rotatable bonds is 5. The van der Waals surface area contributed by atoms with Gasteiger partial charge in [-0.1, -0.05) is 13.8 Å². The molecule has 19 heavy (non-hydrogen) atoms. The molecule has 0 aromatic heterocycles. The Morgan fingerprint density at radius 3 is 2.00 bits per heavy atom. The summed E-state index contributed by atoms with van der Waals surface area (Å²) in [7, 11) is 2.21. The van der Waals surface area contributed by atoms with Crippen molar-refractivity contribution in [1.29, 1.82) is 0 Å². The Kier molecular flexibility index (Phi) is 4.76. The Hall–Kier alpha value is -0.120. The van der Waals surface area contributed by atoms with Gasteiger partial charge in [0.05, 0.1) is 16.7 Å². The molecule has 0 aromatic carbocycles. The summed E-state index contributed by atoms with van der Waals surface area (Å²) in [5.41, 5.74) is 5.82. The molecule has 1 saturated heterocycles. The van der Waals surface area contributed by atoms with E-state index in [0.29, 0.717) is 18.5 Å². The summed E-state index contributed by atoms with van der Waals surface area (Å²) in [5.74, 6) is 0.700. The standard InChI is InChI=1S/C16H34N2O/c1-12(2)9-13(3)18(8)16(11-17)10-14(4,5)19-15(16,6)7/h12-13H,9-11,17H2,1-8H3. The molecule has 0 aliphatic carbocycles. The van der Waals surface area contributed by atoms with Gasteiger partial charge in [0.2, 0.25) is 0 Å². The summed E-state index contributed by atoms with van der Waals surface area (Å²) in [5, 5.41) is 0. The normalized spacial score (nSPS) is 31.1. The lowest BCUT2D eigenvalue weighted by Gasteiger charge is -2.49. The van der Waals surface area contributed by atoms with Crippen molar-refractivity contribution in [3.8, 4) is 0 Å². The topological polar surface area (TPSA) is 38.5 Å². The van der Waals surface area contributed by atoms with Crippen LogP contribution in [-0.2, 0) is 4.74 Å². The maximum Gasteiger partial charge on any atom is 0.0830 e. The van der Waals surface area contributed by atoms with Crippen molar-refractivity contribution in [2.45, 2.75) is 84.1 Å². The van der Waals surface area contributed by atoms with Crippen LogP contribution in [0.2, 0.25) is 0 Å². The zero-order valence-corrected chi connectivity index (χ0v) is 14.2. The minimum Gasteiger partial charge on any atom is -0.368 e. The highest BCUT2D eigenvalue weighted by atomic mass is 16.5. The molecule has 0 aromatic rings. The maximum atomic E-state index is 6.30. The second-order valence-corrected chi connectivity index (χ2v) is 7.87. The molecule has 114 valence electrons. The molecule has 2 N–H and O–H groups in total. The zero-order chi connectivity index (χ0) is 15.1. The first-order valence-corrected chi connectivity index (χ1v) is 7.60. The molecule has 0 spiro atoms. The predicted molar refractivity (Wildman–Crippen MR) is 82.3 cm³/mol. The number of likely N-dealkylation sites (N-methyl/N-ethyl adjacent to an activating group) is 1. The first kappa shape index (κ1) is 16.9. The quantitative estimate of drug-likeness (QED) is 0.834. The van der Waals surface area contributed by atoms with E-state index in [0.717, 1.165) is 6.42 Å². The van der Waals surface area contributed by atoms with Crippen LogP contribution in [-0.4, -0.2) is 41.3 Å². The predicted octanol–water partition coefficient (Wildman–Crippen LogP) is 3.03. The molecule has 1 aliphatic heterocycles. The summed E-state index contributed by atoms with van der Waals surface area (Å²) in [6.45, 7) is 16.2. The summed E-state index contributed by atoms with van der Waals surface area (Å²) in [4.78, 5) is 2.47. The summed E-state index contributed by atoms with van der Waals surface area (Å²) in [6.07, 6.45) is 2.18. The molecule has 1 aliphatic rings. The van der Waals surface area contributed by atoms with E-state index in [1.165, 1.54) is 6.42 Å².